The van der Waals surface area contributed by atoms with Crippen molar-refractivity contribution in [3.05, 3.63) is 83.4 Å². The number of hydrogen-bond donors (Lipinski definition) is 0. The Hall–Kier alpha value is -2.39. The lowest BCUT2D eigenvalue weighted by atomic mass is 10.1. The van der Waals surface area contributed by atoms with Crippen LogP contribution in [0.2, 0.25) is 0 Å². The molecular weight excluding hydrogens is 453 g/mol. The third-order valence-electron chi connectivity index (χ3n) is 5.81. The first kappa shape index (κ1) is 25.7. The van der Waals surface area contributed by atoms with Gasteiger partial charge in [-0.1, -0.05) is 55.5 Å². The number of aromatic nitrogens is 1. The summed E-state index contributed by atoms with van der Waals surface area (Å²) in [5.74, 6) is 0. The van der Waals surface area contributed by atoms with Gasteiger partial charge in [-0.2, -0.15) is 0 Å². The van der Waals surface area contributed by atoms with Crippen LogP contribution in [0.15, 0.2) is 66.7 Å². The lowest BCUT2D eigenvalue weighted by Gasteiger charge is -2.32. The van der Waals surface area contributed by atoms with Gasteiger partial charge in [0, 0.05) is 28.4 Å². The van der Waals surface area contributed by atoms with Gasteiger partial charge in [-0.05, 0) is 82.9 Å². The molecule has 0 spiro atoms. The van der Waals surface area contributed by atoms with Crippen LogP contribution < -0.4 is 0 Å². The lowest BCUT2D eigenvalue weighted by Crippen LogP contribution is -2.24. The van der Waals surface area contributed by atoms with Gasteiger partial charge in [-0.25, -0.2) is 0 Å². The third-order valence-corrected chi connectivity index (χ3v) is 8.22. The zero-order valence-electron chi connectivity index (χ0n) is 22.1. The fourth-order valence-electron chi connectivity index (χ4n) is 4.57. The highest BCUT2D eigenvalue weighted by molar-refractivity contribution is 7.53. The molecule has 0 saturated carbocycles. The molecule has 1 aromatic heterocycles. The zero-order chi connectivity index (χ0) is 25.4. The van der Waals surface area contributed by atoms with Crippen molar-refractivity contribution < 1.29 is 13.6 Å². The van der Waals surface area contributed by atoms with Crippen molar-refractivity contribution >= 4 is 29.4 Å². The maximum atomic E-state index is 13.7. The molecule has 0 fully saturated rings. The molecule has 35 heavy (non-hydrogen) atoms. The van der Waals surface area contributed by atoms with E-state index < -0.39 is 18.8 Å². The summed E-state index contributed by atoms with van der Waals surface area (Å²) in [6, 6.07) is 23.7. The van der Waals surface area contributed by atoms with Crippen molar-refractivity contribution in [3.63, 3.8) is 0 Å². The van der Waals surface area contributed by atoms with E-state index in [-0.39, 0.29) is 6.16 Å². The zero-order valence-corrected chi connectivity index (χ0v) is 23.0. The van der Waals surface area contributed by atoms with E-state index in [4.69, 9.17) is 9.05 Å². The summed E-state index contributed by atoms with van der Waals surface area (Å²) in [5, 5.41) is 2.59. The summed E-state index contributed by atoms with van der Waals surface area (Å²) in [6.45, 7) is 14.4. The Morgan fingerprint density at radius 1 is 0.714 bits per heavy atom. The molecule has 4 nitrogen and oxygen atoms in total. The van der Waals surface area contributed by atoms with Gasteiger partial charge >= 0.3 is 7.60 Å². The Morgan fingerprint density at radius 2 is 1.26 bits per heavy atom. The summed E-state index contributed by atoms with van der Waals surface area (Å²) in [6.07, 6.45) is 1.27. The Kier molecular flexibility index (Phi) is 7.03. The summed E-state index contributed by atoms with van der Waals surface area (Å²) < 4.78 is 28.0. The third kappa shape index (κ3) is 6.25. The largest absolute Gasteiger partial charge is 0.336 e. The molecular formula is C30H38NO3P. The minimum Gasteiger partial charge on any atom is -0.336 e. The van der Waals surface area contributed by atoms with Gasteiger partial charge < -0.3 is 13.6 Å². The molecule has 1 heterocycles. The average Bonchev–Trinajstić information content (AvgIpc) is 3.05. The van der Waals surface area contributed by atoms with Crippen molar-refractivity contribution in [1.29, 1.82) is 0 Å². The van der Waals surface area contributed by atoms with E-state index in [0.29, 0.717) is 0 Å². The Balaban J connectivity index is 1.62. The topological polar surface area (TPSA) is 40.5 Å². The van der Waals surface area contributed by atoms with E-state index in [1.807, 2.05) is 53.7 Å². The Morgan fingerprint density at radius 3 is 1.86 bits per heavy atom. The van der Waals surface area contributed by atoms with Gasteiger partial charge in [0.1, 0.15) is 0 Å². The monoisotopic (exact) mass is 491 g/mol. The highest BCUT2D eigenvalue weighted by atomic mass is 31.2. The molecule has 0 amide bonds. The summed E-state index contributed by atoms with van der Waals surface area (Å²) in [4.78, 5) is 0. The predicted octanol–water partition coefficient (Wildman–Crippen LogP) is 8.73. The van der Waals surface area contributed by atoms with E-state index in [0.717, 1.165) is 18.5 Å². The van der Waals surface area contributed by atoms with Gasteiger partial charge in [0.25, 0.3) is 0 Å². The normalized spacial score (nSPS) is 13.1. The second kappa shape index (κ2) is 9.58. The van der Waals surface area contributed by atoms with Crippen LogP contribution in [0.1, 0.15) is 65.2 Å². The number of nitrogens with zero attached hydrogens (tertiary/aromatic N) is 1. The van der Waals surface area contributed by atoms with Gasteiger partial charge in [0.2, 0.25) is 0 Å². The first-order chi connectivity index (χ1) is 16.4. The SMILES string of the molecule is CCc1ccc2c(c1)c1ccccc1n2Cc1ccc(CP(=O)(OC(C)(C)C)OC(C)(C)C)cc1. The minimum absolute atomic E-state index is 0.247. The number of benzene rings is 3. The van der Waals surface area contributed by atoms with E-state index in [1.54, 1.807) is 0 Å². The molecule has 0 bridgehead atoms. The number of hydrogen-bond acceptors (Lipinski definition) is 3. The van der Waals surface area contributed by atoms with Crippen LogP contribution in [0.3, 0.4) is 0 Å². The van der Waals surface area contributed by atoms with Crippen LogP contribution in [0, 0.1) is 0 Å². The average molecular weight is 492 g/mol. The predicted molar refractivity (Wildman–Crippen MR) is 147 cm³/mol. The Bertz CT molecular complexity index is 1350. The molecule has 0 atom stereocenters. The summed E-state index contributed by atoms with van der Waals surface area (Å²) >= 11 is 0. The Labute approximate surface area is 209 Å². The van der Waals surface area contributed by atoms with Crippen molar-refractivity contribution in [1.82, 2.24) is 4.57 Å². The van der Waals surface area contributed by atoms with Crippen LogP contribution in [0.5, 0.6) is 0 Å². The van der Waals surface area contributed by atoms with Crippen LogP contribution in [-0.2, 0) is 32.7 Å². The number of aryl methyl sites for hydroxylation is 1. The van der Waals surface area contributed by atoms with Crippen LogP contribution in [0.4, 0.5) is 0 Å². The molecule has 0 aliphatic heterocycles. The fourth-order valence-corrected chi connectivity index (χ4v) is 7.06. The van der Waals surface area contributed by atoms with Crippen LogP contribution in [-0.4, -0.2) is 15.8 Å². The van der Waals surface area contributed by atoms with Crippen molar-refractivity contribution in [2.45, 2.75) is 78.8 Å². The molecule has 0 aliphatic carbocycles. The number of fused-ring (bicyclic) bond motifs is 3. The van der Waals surface area contributed by atoms with E-state index in [1.165, 1.54) is 32.9 Å². The molecule has 5 heteroatoms. The van der Waals surface area contributed by atoms with Crippen molar-refractivity contribution in [2.24, 2.45) is 0 Å². The van der Waals surface area contributed by atoms with Gasteiger partial charge in [0.05, 0.1) is 17.4 Å². The molecule has 0 unspecified atom stereocenters. The second-order valence-electron chi connectivity index (χ2n) is 11.3. The standard InChI is InChI=1S/C30H38NO3P/c1-8-22-17-18-28-26(19-22)25-11-9-10-12-27(25)31(28)20-23-13-15-24(16-14-23)21-35(32,33-29(2,3)4)34-30(5,6)7/h9-19H,8,20-21H2,1-7H3. The molecule has 3 aromatic carbocycles. The molecule has 4 aromatic rings. The second-order valence-corrected chi connectivity index (χ2v) is 13.2. The number of para-hydroxylation sites is 1. The van der Waals surface area contributed by atoms with E-state index in [2.05, 4.69) is 66.1 Å². The molecule has 0 aliphatic rings. The highest BCUT2D eigenvalue weighted by Gasteiger charge is 2.35. The highest BCUT2D eigenvalue weighted by Crippen LogP contribution is 2.56. The van der Waals surface area contributed by atoms with E-state index >= 15 is 0 Å². The quantitative estimate of drug-likeness (QED) is 0.243. The van der Waals surface area contributed by atoms with Gasteiger partial charge in [-0.15, -0.1) is 0 Å². The molecule has 0 saturated heterocycles. The van der Waals surface area contributed by atoms with Crippen molar-refractivity contribution in [3.8, 4) is 0 Å². The lowest BCUT2D eigenvalue weighted by molar-refractivity contribution is 0.0485. The van der Waals surface area contributed by atoms with Crippen molar-refractivity contribution in [2.75, 3.05) is 0 Å². The first-order valence-corrected chi connectivity index (χ1v) is 14.2. The molecule has 0 radical (unpaired) electrons. The van der Waals surface area contributed by atoms with Crippen LogP contribution in [0.25, 0.3) is 21.8 Å². The number of rotatable bonds is 7. The maximum absolute atomic E-state index is 13.7. The maximum Gasteiger partial charge on any atom is 0.336 e. The smallest absolute Gasteiger partial charge is 0.336 e. The first-order valence-electron chi connectivity index (χ1n) is 12.4. The van der Waals surface area contributed by atoms with Gasteiger partial charge in [0.15, 0.2) is 0 Å². The fraction of sp³-hybridized carbons (Fsp3) is 0.400. The summed E-state index contributed by atoms with van der Waals surface area (Å²) in [5.41, 5.74) is 4.85. The molecule has 4 rings (SSSR count). The van der Waals surface area contributed by atoms with E-state index in [9.17, 15) is 4.57 Å². The minimum atomic E-state index is -3.33. The molecule has 0 N–H and O–H groups in total. The molecule has 186 valence electrons. The van der Waals surface area contributed by atoms with Gasteiger partial charge in [-0.3, -0.25) is 4.57 Å². The van der Waals surface area contributed by atoms with Crippen LogP contribution >= 0.6 is 7.60 Å². The summed E-state index contributed by atoms with van der Waals surface area (Å²) in [7, 11) is -3.33.